The summed E-state index contributed by atoms with van der Waals surface area (Å²) in [6.07, 6.45) is 0.365. The first kappa shape index (κ1) is 6.29. The molecule has 0 aliphatic rings. The monoisotopic (exact) mass is 141 g/mol. The summed E-state index contributed by atoms with van der Waals surface area (Å²) in [5.41, 5.74) is 5.96. The maximum Gasteiger partial charge on any atom is 0.221 e. The van der Waals surface area contributed by atoms with Crippen LogP contribution in [0.5, 0.6) is 0 Å². The molecule has 0 saturated carbocycles. The van der Waals surface area contributed by atoms with Gasteiger partial charge in [0.2, 0.25) is 5.91 Å². The zero-order chi connectivity index (χ0) is 6.69. The molecule has 0 fully saturated rings. The molecule has 0 bridgehead atoms. The van der Waals surface area contributed by atoms with E-state index in [0.29, 0.717) is 6.42 Å². The van der Waals surface area contributed by atoms with Crippen LogP contribution < -0.4 is 5.73 Å². The molecular formula is C6H7NOS. The fourth-order valence-electron chi connectivity index (χ4n) is 0.594. The van der Waals surface area contributed by atoms with Crippen LogP contribution in [0.15, 0.2) is 16.8 Å². The smallest absolute Gasteiger partial charge is 0.221 e. The zero-order valence-electron chi connectivity index (χ0n) is 4.83. The Morgan fingerprint density at radius 3 is 3.00 bits per heavy atom. The minimum atomic E-state index is -0.270. The average Bonchev–Trinajstić information content (AvgIpc) is 2.15. The van der Waals surface area contributed by atoms with E-state index in [9.17, 15) is 4.79 Å². The van der Waals surface area contributed by atoms with E-state index in [-0.39, 0.29) is 5.91 Å². The van der Waals surface area contributed by atoms with Gasteiger partial charge in [-0.15, -0.1) is 0 Å². The number of primary amides is 1. The summed E-state index contributed by atoms with van der Waals surface area (Å²) in [5.74, 6) is -0.270. The molecule has 48 valence electrons. The van der Waals surface area contributed by atoms with E-state index in [2.05, 4.69) is 0 Å². The van der Waals surface area contributed by atoms with Crippen molar-refractivity contribution in [1.82, 2.24) is 0 Å². The Kier molecular flexibility index (Phi) is 1.85. The first-order valence-electron chi connectivity index (χ1n) is 2.58. The van der Waals surface area contributed by atoms with Crippen molar-refractivity contribution >= 4 is 17.2 Å². The van der Waals surface area contributed by atoms with Crippen LogP contribution in [0.1, 0.15) is 5.56 Å². The van der Waals surface area contributed by atoms with Gasteiger partial charge in [-0.25, -0.2) is 0 Å². The molecule has 2 nitrogen and oxygen atoms in total. The molecule has 0 saturated heterocycles. The highest BCUT2D eigenvalue weighted by molar-refractivity contribution is 7.07. The molecule has 1 amide bonds. The third-order valence-electron chi connectivity index (χ3n) is 0.958. The van der Waals surface area contributed by atoms with E-state index >= 15 is 0 Å². The number of hydrogen-bond acceptors (Lipinski definition) is 2. The third-order valence-corrected chi connectivity index (χ3v) is 1.69. The lowest BCUT2D eigenvalue weighted by Gasteiger charge is -1.86. The first-order chi connectivity index (χ1) is 4.29. The molecule has 1 aromatic rings. The third kappa shape index (κ3) is 1.85. The molecule has 0 radical (unpaired) electrons. The van der Waals surface area contributed by atoms with E-state index in [1.54, 1.807) is 11.3 Å². The molecule has 0 aliphatic carbocycles. The molecule has 0 unspecified atom stereocenters. The Morgan fingerprint density at radius 1 is 1.78 bits per heavy atom. The van der Waals surface area contributed by atoms with E-state index in [1.165, 1.54) is 0 Å². The second-order valence-corrected chi connectivity index (χ2v) is 2.55. The number of thiophene rings is 1. The predicted octanol–water partition coefficient (Wildman–Crippen LogP) is 0.776. The second-order valence-electron chi connectivity index (χ2n) is 1.77. The summed E-state index contributed by atoms with van der Waals surface area (Å²) in [6.45, 7) is 0. The van der Waals surface area contributed by atoms with Gasteiger partial charge < -0.3 is 5.73 Å². The summed E-state index contributed by atoms with van der Waals surface area (Å²) in [6, 6.07) is 1.90. The quantitative estimate of drug-likeness (QED) is 0.649. The summed E-state index contributed by atoms with van der Waals surface area (Å²) < 4.78 is 0. The number of carbonyl (C=O) groups excluding carboxylic acids is 1. The number of amides is 1. The van der Waals surface area contributed by atoms with Crippen LogP contribution in [0.3, 0.4) is 0 Å². The zero-order valence-corrected chi connectivity index (χ0v) is 5.65. The maximum absolute atomic E-state index is 10.3. The van der Waals surface area contributed by atoms with Gasteiger partial charge in [0.1, 0.15) is 0 Å². The molecule has 1 aromatic heterocycles. The van der Waals surface area contributed by atoms with Crippen LogP contribution in [0, 0.1) is 0 Å². The largest absolute Gasteiger partial charge is 0.369 e. The van der Waals surface area contributed by atoms with Crippen molar-refractivity contribution in [1.29, 1.82) is 0 Å². The van der Waals surface area contributed by atoms with Crippen LogP contribution in [0.2, 0.25) is 0 Å². The van der Waals surface area contributed by atoms with E-state index < -0.39 is 0 Å². The molecule has 1 rings (SSSR count). The van der Waals surface area contributed by atoms with Gasteiger partial charge in [-0.2, -0.15) is 11.3 Å². The Morgan fingerprint density at radius 2 is 2.56 bits per heavy atom. The minimum absolute atomic E-state index is 0.270. The Hall–Kier alpha value is -0.830. The van der Waals surface area contributed by atoms with Crippen molar-refractivity contribution in [3.8, 4) is 0 Å². The second kappa shape index (κ2) is 2.64. The van der Waals surface area contributed by atoms with Gasteiger partial charge in [-0.3, -0.25) is 4.79 Å². The van der Waals surface area contributed by atoms with Crippen molar-refractivity contribution in [3.05, 3.63) is 22.4 Å². The van der Waals surface area contributed by atoms with Crippen LogP contribution in [0.25, 0.3) is 0 Å². The Bertz CT molecular complexity index is 193. The van der Waals surface area contributed by atoms with Crippen LogP contribution >= 0.6 is 11.3 Å². The molecule has 3 heteroatoms. The Labute approximate surface area is 57.3 Å². The van der Waals surface area contributed by atoms with E-state index in [0.717, 1.165) is 5.56 Å². The minimum Gasteiger partial charge on any atom is -0.369 e. The lowest BCUT2D eigenvalue weighted by atomic mass is 10.2. The van der Waals surface area contributed by atoms with Crippen LogP contribution in [-0.4, -0.2) is 5.91 Å². The molecule has 0 aromatic carbocycles. The van der Waals surface area contributed by atoms with Crippen LogP contribution in [-0.2, 0) is 11.2 Å². The van der Waals surface area contributed by atoms with Gasteiger partial charge in [0.05, 0.1) is 6.42 Å². The lowest BCUT2D eigenvalue weighted by molar-refractivity contribution is -0.117. The number of rotatable bonds is 2. The van der Waals surface area contributed by atoms with Crippen LogP contribution in [0.4, 0.5) is 0 Å². The fraction of sp³-hybridized carbons (Fsp3) is 0.167. The summed E-state index contributed by atoms with van der Waals surface area (Å²) >= 11 is 1.57. The topological polar surface area (TPSA) is 43.1 Å². The molecule has 1 heterocycles. The fourth-order valence-corrected chi connectivity index (χ4v) is 1.26. The van der Waals surface area contributed by atoms with Crippen molar-refractivity contribution in [2.24, 2.45) is 5.73 Å². The number of hydrogen-bond donors (Lipinski definition) is 1. The molecule has 0 aliphatic heterocycles. The highest BCUT2D eigenvalue weighted by Crippen LogP contribution is 2.05. The maximum atomic E-state index is 10.3. The first-order valence-corrected chi connectivity index (χ1v) is 3.52. The summed E-state index contributed by atoms with van der Waals surface area (Å²) in [7, 11) is 0. The standard InChI is InChI=1S/C6H7NOS/c7-6(8)3-5-1-2-9-4-5/h1-2,4H,3H2,(H2,7,8). The van der Waals surface area contributed by atoms with Crippen molar-refractivity contribution in [2.45, 2.75) is 6.42 Å². The van der Waals surface area contributed by atoms with Gasteiger partial charge in [0.15, 0.2) is 0 Å². The van der Waals surface area contributed by atoms with E-state index in [1.807, 2.05) is 16.8 Å². The molecule has 0 atom stereocenters. The van der Waals surface area contributed by atoms with Gasteiger partial charge in [0.25, 0.3) is 0 Å². The van der Waals surface area contributed by atoms with Gasteiger partial charge in [-0.05, 0) is 22.4 Å². The SMILES string of the molecule is NC(=O)Cc1ccsc1. The van der Waals surface area contributed by atoms with Gasteiger partial charge in [0, 0.05) is 0 Å². The van der Waals surface area contributed by atoms with E-state index in [4.69, 9.17) is 5.73 Å². The summed E-state index contributed by atoms with van der Waals surface area (Å²) in [5, 5.41) is 3.85. The molecular weight excluding hydrogens is 134 g/mol. The molecule has 2 N–H and O–H groups in total. The normalized spacial score (nSPS) is 9.33. The number of nitrogens with two attached hydrogens (primary N) is 1. The predicted molar refractivity (Wildman–Crippen MR) is 37.2 cm³/mol. The lowest BCUT2D eigenvalue weighted by Crippen LogP contribution is -2.12. The van der Waals surface area contributed by atoms with Gasteiger partial charge in [-0.1, -0.05) is 0 Å². The highest BCUT2D eigenvalue weighted by atomic mass is 32.1. The molecule has 9 heavy (non-hydrogen) atoms. The number of carbonyl (C=O) groups is 1. The van der Waals surface area contributed by atoms with Gasteiger partial charge >= 0.3 is 0 Å². The van der Waals surface area contributed by atoms with Crippen molar-refractivity contribution < 1.29 is 4.79 Å². The van der Waals surface area contributed by atoms with Crippen molar-refractivity contribution in [3.63, 3.8) is 0 Å². The molecule has 0 spiro atoms. The Balaban J connectivity index is 2.58. The highest BCUT2D eigenvalue weighted by Gasteiger charge is 1.95. The average molecular weight is 141 g/mol. The van der Waals surface area contributed by atoms with Crippen molar-refractivity contribution in [2.75, 3.05) is 0 Å². The summed E-state index contributed by atoms with van der Waals surface area (Å²) in [4.78, 5) is 10.3.